The number of carbonyl (C=O) groups excluding carboxylic acids is 4. The summed E-state index contributed by atoms with van der Waals surface area (Å²) in [6.45, 7) is 12.9. The second-order valence-electron chi connectivity index (χ2n) is 18.0. The zero-order valence-corrected chi connectivity index (χ0v) is 36.5. The van der Waals surface area contributed by atoms with E-state index in [1.807, 2.05) is 38.2 Å². The van der Waals surface area contributed by atoms with Crippen molar-refractivity contribution in [3.8, 4) is 28.1 Å². The van der Waals surface area contributed by atoms with E-state index in [0.29, 0.717) is 57.5 Å². The Kier molecular flexibility index (Phi) is 13.2. The lowest BCUT2D eigenvalue weighted by atomic mass is 9.84. The highest BCUT2D eigenvalue weighted by molar-refractivity contribution is 5.96. The molecular formula is C47H61N7O7. The van der Waals surface area contributed by atoms with E-state index in [-0.39, 0.29) is 36.5 Å². The second-order valence-corrected chi connectivity index (χ2v) is 18.0. The fourth-order valence-electron chi connectivity index (χ4n) is 9.40. The van der Waals surface area contributed by atoms with Crippen molar-refractivity contribution in [1.29, 1.82) is 0 Å². The van der Waals surface area contributed by atoms with Gasteiger partial charge in [0, 0.05) is 74.5 Å². The van der Waals surface area contributed by atoms with Crippen LogP contribution in [-0.4, -0.2) is 107 Å². The van der Waals surface area contributed by atoms with Gasteiger partial charge in [-0.25, -0.2) is 5.43 Å². The molecule has 7 rings (SSSR count). The average molecular weight is 836 g/mol. The normalized spacial score (nSPS) is 21.2. The number of esters is 1. The Hall–Kier alpha value is -5.31. The molecule has 0 aliphatic carbocycles. The summed E-state index contributed by atoms with van der Waals surface area (Å²) >= 11 is 0. The highest BCUT2D eigenvalue weighted by atomic mass is 16.5. The number of likely N-dealkylation sites (N-methyl/N-ethyl adjacent to an activating group) is 1. The number of cyclic esters (lactones) is 1. The van der Waals surface area contributed by atoms with Crippen molar-refractivity contribution in [3.05, 3.63) is 71.5 Å². The SMILES string of the molecule is CCn1c(-c2cnccc2COC)c2c3cc(ccc31)-c1cc(O)cc(c1)C[C@H](NC(=O)C(C(C)C)N(C)C(=O)[C@H]1CCNC1)C(=O)N1CCC[C@H](N1)C(=O)OCC(C)(C)C2. The van der Waals surface area contributed by atoms with Crippen LogP contribution >= 0.6 is 0 Å². The molecule has 5 heterocycles. The van der Waals surface area contributed by atoms with E-state index < -0.39 is 41.3 Å². The first-order valence-corrected chi connectivity index (χ1v) is 21.6. The van der Waals surface area contributed by atoms with Crippen LogP contribution in [0.2, 0.25) is 0 Å². The summed E-state index contributed by atoms with van der Waals surface area (Å²) in [5.41, 5.74) is 9.92. The first-order chi connectivity index (χ1) is 29.2. The summed E-state index contributed by atoms with van der Waals surface area (Å²) in [4.78, 5) is 62.4. The number of nitrogens with zero attached hydrogens (tertiary/aromatic N) is 4. The number of carbonyl (C=O) groups is 4. The Bertz CT molecular complexity index is 2280. The maximum absolute atomic E-state index is 14.6. The van der Waals surface area contributed by atoms with Crippen LogP contribution in [0.4, 0.5) is 0 Å². The monoisotopic (exact) mass is 835 g/mol. The van der Waals surface area contributed by atoms with Crippen LogP contribution in [0.15, 0.2) is 54.9 Å². The summed E-state index contributed by atoms with van der Waals surface area (Å²) in [7, 11) is 3.33. The minimum absolute atomic E-state index is 0.0155. The molecule has 61 heavy (non-hydrogen) atoms. The smallest absolute Gasteiger partial charge is 0.324 e. The van der Waals surface area contributed by atoms with Gasteiger partial charge in [0.25, 0.3) is 5.91 Å². The number of benzene rings is 2. The number of nitrogens with one attached hydrogen (secondary N) is 3. The van der Waals surface area contributed by atoms with Crippen molar-refractivity contribution in [3.63, 3.8) is 0 Å². The Morgan fingerprint density at radius 1 is 1.11 bits per heavy atom. The van der Waals surface area contributed by atoms with Gasteiger partial charge < -0.3 is 34.7 Å². The number of ether oxygens (including phenoxy) is 2. The molecular weight excluding hydrogens is 775 g/mol. The molecule has 1 unspecified atom stereocenters. The van der Waals surface area contributed by atoms with Crippen LogP contribution in [0.1, 0.15) is 70.6 Å². The summed E-state index contributed by atoms with van der Waals surface area (Å²) < 4.78 is 14.0. The van der Waals surface area contributed by atoms with E-state index in [1.54, 1.807) is 32.5 Å². The van der Waals surface area contributed by atoms with E-state index in [4.69, 9.17) is 9.47 Å². The van der Waals surface area contributed by atoms with Gasteiger partial charge in [0.1, 0.15) is 23.9 Å². The zero-order chi connectivity index (χ0) is 43.6. The molecule has 0 saturated carbocycles. The number of fused-ring (bicyclic) bond motifs is 6. The number of aryl methyl sites for hydroxylation is 1. The predicted molar refractivity (Wildman–Crippen MR) is 233 cm³/mol. The number of phenolic OH excluding ortho intramolecular Hbond substituents is 1. The topological polar surface area (TPSA) is 167 Å². The molecule has 14 nitrogen and oxygen atoms in total. The van der Waals surface area contributed by atoms with Crippen molar-refractivity contribution < 1.29 is 33.8 Å². The third-order valence-electron chi connectivity index (χ3n) is 12.4. The molecule has 2 fully saturated rings. The molecule has 6 bridgehead atoms. The van der Waals surface area contributed by atoms with Crippen molar-refractivity contribution in [2.24, 2.45) is 17.3 Å². The highest BCUT2D eigenvalue weighted by Crippen LogP contribution is 2.41. The van der Waals surface area contributed by atoms with Crippen LogP contribution in [0, 0.1) is 17.3 Å². The Morgan fingerprint density at radius 2 is 1.92 bits per heavy atom. The Labute approximate surface area is 358 Å². The van der Waals surface area contributed by atoms with Crippen molar-refractivity contribution in [2.75, 3.05) is 40.4 Å². The fraction of sp³-hybridized carbons (Fsp3) is 0.511. The number of hydrogen-bond acceptors (Lipinski definition) is 10. The Morgan fingerprint density at radius 3 is 2.64 bits per heavy atom. The van der Waals surface area contributed by atoms with Crippen molar-refractivity contribution in [2.45, 2.75) is 98.0 Å². The summed E-state index contributed by atoms with van der Waals surface area (Å²) in [5, 5.41) is 19.9. The summed E-state index contributed by atoms with van der Waals surface area (Å²) in [6.07, 6.45) is 5.95. The lowest BCUT2D eigenvalue weighted by molar-refractivity contribution is -0.155. The molecule has 0 spiro atoms. The number of hydrazine groups is 1. The summed E-state index contributed by atoms with van der Waals surface area (Å²) in [5.74, 6) is -1.93. The number of hydrogen-bond donors (Lipinski definition) is 4. The van der Waals surface area contributed by atoms with Gasteiger partial charge in [0.15, 0.2) is 0 Å². The van der Waals surface area contributed by atoms with Gasteiger partial charge in [-0.1, -0.05) is 39.8 Å². The van der Waals surface area contributed by atoms with Crippen molar-refractivity contribution >= 4 is 34.6 Å². The predicted octanol–water partition coefficient (Wildman–Crippen LogP) is 4.98. The van der Waals surface area contributed by atoms with E-state index in [1.165, 1.54) is 9.91 Å². The first kappa shape index (κ1) is 43.8. The molecule has 4 N–H and O–H groups in total. The third-order valence-corrected chi connectivity index (χ3v) is 12.4. The molecule has 14 heteroatoms. The fourth-order valence-corrected chi connectivity index (χ4v) is 9.40. The van der Waals surface area contributed by atoms with E-state index in [2.05, 4.69) is 58.5 Å². The molecule has 4 atom stereocenters. The van der Waals surface area contributed by atoms with Crippen LogP contribution in [0.3, 0.4) is 0 Å². The maximum atomic E-state index is 14.6. The quantitative estimate of drug-likeness (QED) is 0.169. The molecule has 3 aliphatic heterocycles. The summed E-state index contributed by atoms with van der Waals surface area (Å²) in [6, 6.07) is 10.8. The molecule has 2 saturated heterocycles. The molecule has 0 radical (unpaired) electrons. The molecule has 326 valence electrons. The van der Waals surface area contributed by atoms with Gasteiger partial charge in [0.2, 0.25) is 11.8 Å². The number of aromatic hydroxyl groups is 1. The van der Waals surface area contributed by atoms with Crippen LogP contribution in [0.25, 0.3) is 33.3 Å². The standard InChI is InChI=1S/C47H61N7O7/c1-8-53-40-12-11-30-22-35(40)36(42(53)37-25-49-16-14-32(37)26-60-7)23-47(4,5)27-61-46(59)38-10-9-17-54(51-38)45(58)39(20-29-18-33(30)21-34(55)19-29)50-43(56)41(28(2)3)52(6)44(57)31-13-15-48-24-31/h11-12,14,16,18-19,21-22,25,28,31,38-39,41,48,51,55H,8-10,13,15,17,20,23-24,26-27H2,1-7H3,(H,50,56)/t31-,38-,39-,41?/m0/s1. The number of amides is 3. The first-order valence-electron chi connectivity index (χ1n) is 21.6. The van der Waals surface area contributed by atoms with Crippen LogP contribution < -0.4 is 16.1 Å². The van der Waals surface area contributed by atoms with E-state index in [9.17, 15) is 24.3 Å². The van der Waals surface area contributed by atoms with Gasteiger partial charge in [0.05, 0.1) is 24.8 Å². The largest absolute Gasteiger partial charge is 0.508 e. The number of aromatic nitrogens is 2. The molecule has 4 aromatic rings. The molecule has 2 aromatic carbocycles. The minimum Gasteiger partial charge on any atom is -0.508 e. The second kappa shape index (κ2) is 18.3. The van der Waals surface area contributed by atoms with E-state index >= 15 is 0 Å². The van der Waals surface area contributed by atoms with Crippen LogP contribution in [0.5, 0.6) is 5.75 Å². The number of pyridine rings is 1. The molecule has 2 aromatic heterocycles. The molecule has 3 amide bonds. The Balaban J connectivity index is 1.34. The third kappa shape index (κ3) is 9.31. The minimum atomic E-state index is -1.10. The number of phenols is 1. The number of rotatable bonds is 9. The van der Waals surface area contributed by atoms with Gasteiger partial charge in [-0.2, -0.15) is 0 Å². The average Bonchev–Trinajstić information content (AvgIpc) is 3.88. The maximum Gasteiger partial charge on any atom is 0.324 e. The van der Waals surface area contributed by atoms with Crippen LogP contribution in [-0.2, 0) is 54.6 Å². The zero-order valence-electron chi connectivity index (χ0n) is 36.5. The highest BCUT2D eigenvalue weighted by Gasteiger charge is 2.39. The van der Waals surface area contributed by atoms with Gasteiger partial charge in [-0.3, -0.25) is 29.2 Å². The lowest BCUT2D eigenvalue weighted by Crippen LogP contribution is -2.62. The number of methoxy groups -OCH3 is 1. The van der Waals surface area contributed by atoms with Gasteiger partial charge in [-0.05, 0) is 103 Å². The van der Waals surface area contributed by atoms with Crippen molar-refractivity contribution in [1.82, 2.24) is 35.5 Å². The van der Waals surface area contributed by atoms with Gasteiger partial charge >= 0.3 is 5.97 Å². The van der Waals surface area contributed by atoms with Gasteiger partial charge in [-0.15, -0.1) is 0 Å². The molecule has 3 aliphatic rings. The van der Waals surface area contributed by atoms with E-state index in [0.717, 1.165) is 51.0 Å². The lowest BCUT2D eigenvalue weighted by Gasteiger charge is -2.37.